The normalized spacial score (nSPS) is 14.8. The summed E-state index contributed by atoms with van der Waals surface area (Å²) in [5.74, 6) is 0.875. The molecule has 4 rings (SSSR count). The van der Waals surface area contributed by atoms with Crippen LogP contribution in [-0.4, -0.2) is 40.6 Å². The number of para-hydroxylation sites is 1. The van der Waals surface area contributed by atoms with Gasteiger partial charge in [-0.1, -0.05) is 12.1 Å². The van der Waals surface area contributed by atoms with Gasteiger partial charge in [-0.05, 0) is 37.6 Å². The quantitative estimate of drug-likeness (QED) is 0.721. The van der Waals surface area contributed by atoms with Crippen molar-refractivity contribution in [3.8, 4) is 22.9 Å². The number of nitrogens with one attached hydrogen (secondary N) is 1. The number of hydrogen-bond donors (Lipinski definition) is 1. The van der Waals surface area contributed by atoms with E-state index in [1.807, 2.05) is 32.0 Å². The fourth-order valence-electron chi connectivity index (χ4n) is 3.46. The number of aromatic nitrogens is 3. The van der Waals surface area contributed by atoms with Crippen LogP contribution in [0.2, 0.25) is 0 Å². The van der Waals surface area contributed by atoms with Crippen LogP contribution in [0.5, 0.6) is 11.6 Å². The fraction of sp³-hybridized carbons (Fsp3) is 0.273. The molecule has 0 bridgehead atoms. The summed E-state index contributed by atoms with van der Waals surface area (Å²) < 4.78 is 11.4. The lowest BCUT2D eigenvalue weighted by atomic mass is 10.0. The number of hydrogen-bond acceptors (Lipinski definition) is 6. The second-order valence-corrected chi connectivity index (χ2v) is 6.95. The van der Waals surface area contributed by atoms with Crippen LogP contribution in [0.1, 0.15) is 27.3 Å². The van der Waals surface area contributed by atoms with Gasteiger partial charge in [-0.3, -0.25) is 9.78 Å². The number of amides is 1. The van der Waals surface area contributed by atoms with Crippen LogP contribution in [0.4, 0.5) is 0 Å². The average Bonchev–Trinajstić information content (AvgIpc) is 3.17. The van der Waals surface area contributed by atoms with E-state index < -0.39 is 0 Å². The second-order valence-electron chi connectivity index (χ2n) is 6.95. The van der Waals surface area contributed by atoms with Crippen molar-refractivity contribution in [3.63, 3.8) is 0 Å². The molecule has 1 N–H and O–H groups in total. The summed E-state index contributed by atoms with van der Waals surface area (Å²) in [6, 6.07) is 9.43. The van der Waals surface area contributed by atoms with E-state index in [9.17, 15) is 4.79 Å². The van der Waals surface area contributed by atoms with Gasteiger partial charge in [0.05, 0.1) is 30.7 Å². The van der Waals surface area contributed by atoms with E-state index in [1.54, 1.807) is 24.5 Å². The Hall–Kier alpha value is -3.48. The molecule has 0 spiro atoms. The molecule has 7 heteroatoms. The van der Waals surface area contributed by atoms with Crippen molar-refractivity contribution in [2.45, 2.75) is 26.4 Å². The highest BCUT2D eigenvalue weighted by atomic mass is 16.5. The molecule has 7 nitrogen and oxygen atoms in total. The Morgan fingerprint density at radius 2 is 2.10 bits per heavy atom. The van der Waals surface area contributed by atoms with Gasteiger partial charge >= 0.3 is 0 Å². The summed E-state index contributed by atoms with van der Waals surface area (Å²) in [7, 11) is 1.49. The zero-order chi connectivity index (χ0) is 20.4. The van der Waals surface area contributed by atoms with Gasteiger partial charge < -0.3 is 14.8 Å². The van der Waals surface area contributed by atoms with Gasteiger partial charge in [0.15, 0.2) is 0 Å². The minimum atomic E-state index is -0.241. The molecule has 3 heterocycles. The van der Waals surface area contributed by atoms with Gasteiger partial charge in [0.1, 0.15) is 17.4 Å². The molecule has 0 saturated carbocycles. The summed E-state index contributed by atoms with van der Waals surface area (Å²) >= 11 is 0. The van der Waals surface area contributed by atoms with Crippen LogP contribution >= 0.6 is 0 Å². The number of carbonyl (C=O) groups excluding carboxylic acids is 1. The molecular weight excluding hydrogens is 368 g/mol. The van der Waals surface area contributed by atoms with Gasteiger partial charge in [0.25, 0.3) is 5.91 Å². The highest BCUT2D eigenvalue weighted by Crippen LogP contribution is 2.38. The number of fused-ring (bicyclic) bond motifs is 1. The van der Waals surface area contributed by atoms with Gasteiger partial charge in [0.2, 0.25) is 5.88 Å². The summed E-state index contributed by atoms with van der Waals surface area (Å²) in [5.41, 5.74) is 4.97. The average molecular weight is 390 g/mol. The standard InChI is InChI=1S/C22H22N4O3/c1-13-11-24-14(2)19(26-13)17-7-4-6-15-10-16(29-20(15)17)12-25-21(27)18-8-5-9-23-22(18)28-3/h4-9,11,16H,10,12H2,1-3H3,(H,25,27). The Morgan fingerprint density at radius 3 is 2.93 bits per heavy atom. The monoisotopic (exact) mass is 390 g/mol. The number of pyridine rings is 1. The maximum absolute atomic E-state index is 12.5. The van der Waals surface area contributed by atoms with Crippen molar-refractivity contribution < 1.29 is 14.3 Å². The van der Waals surface area contributed by atoms with E-state index in [-0.39, 0.29) is 12.0 Å². The molecule has 148 valence electrons. The van der Waals surface area contributed by atoms with E-state index in [0.29, 0.717) is 24.4 Å². The SMILES string of the molecule is COc1ncccc1C(=O)NCC1Cc2cccc(-c3nc(C)cnc3C)c2O1. The van der Waals surface area contributed by atoms with E-state index in [2.05, 4.69) is 20.3 Å². The van der Waals surface area contributed by atoms with Crippen LogP contribution in [0.3, 0.4) is 0 Å². The number of carbonyl (C=O) groups is 1. The van der Waals surface area contributed by atoms with Crippen molar-refractivity contribution in [1.82, 2.24) is 20.3 Å². The summed E-state index contributed by atoms with van der Waals surface area (Å²) in [5, 5.41) is 2.92. The number of benzene rings is 1. The first-order valence-corrected chi connectivity index (χ1v) is 9.43. The lowest BCUT2D eigenvalue weighted by molar-refractivity contribution is 0.0930. The number of ether oxygens (including phenoxy) is 2. The topological polar surface area (TPSA) is 86.2 Å². The molecule has 2 aromatic heterocycles. The summed E-state index contributed by atoms with van der Waals surface area (Å²) in [6.07, 6.45) is 3.90. The molecule has 0 saturated heterocycles. The Kier molecular flexibility index (Phi) is 5.12. The van der Waals surface area contributed by atoms with Gasteiger partial charge in [-0.25, -0.2) is 9.97 Å². The Bertz CT molecular complexity index is 1070. The van der Waals surface area contributed by atoms with Crippen LogP contribution in [0, 0.1) is 13.8 Å². The zero-order valence-electron chi connectivity index (χ0n) is 16.6. The number of rotatable bonds is 5. The molecule has 1 aromatic carbocycles. The molecule has 0 aliphatic carbocycles. The molecule has 1 atom stereocenters. The van der Waals surface area contributed by atoms with Crippen LogP contribution in [0.25, 0.3) is 11.3 Å². The third-order valence-corrected chi connectivity index (χ3v) is 4.86. The van der Waals surface area contributed by atoms with Crippen LogP contribution < -0.4 is 14.8 Å². The van der Waals surface area contributed by atoms with Gasteiger partial charge in [-0.15, -0.1) is 0 Å². The molecule has 0 radical (unpaired) electrons. The van der Waals surface area contributed by atoms with Crippen LogP contribution in [0.15, 0.2) is 42.7 Å². The van der Waals surface area contributed by atoms with Crippen LogP contribution in [-0.2, 0) is 6.42 Å². The van der Waals surface area contributed by atoms with Crippen molar-refractivity contribution in [2.24, 2.45) is 0 Å². The second kappa shape index (κ2) is 7.87. The molecule has 1 amide bonds. The van der Waals surface area contributed by atoms with Crippen molar-refractivity contribution in [2.75, 3.05) is 13.7 Å². The van der Waals surface area contributed by atoms with Crippen molar-refractivity contribution in [3.05, 3.63) is 65.2 Å². The first-order valence-electron chi connectivity index (χ1n) is 9.43. The fourth-order valence-corrected chi connectivity index (χ4v) is 3.46. The highest BCUT2D eigenvalue weighted by Gasteiger charge is 2.27. The molecule has 0 fully saturated rings. The maximum Gasteiger partial charge on any atom is 0.256 e. The highest BCUT2D eigenvalue weighted by molar-refractivity contribution is 5.96. The van der Waals surface area contributed by atoms with Crippen molar-refractivity contribution in [1.29, 1.82) is 0 Å². The Labute approximate surface area is 169 Å². The third-order valence-electron chi connectivity index (χ3n) is 4.86. The maximum atomic E-state index is 12.5. The zero-order valence-corrected chi connectivity index (χ0v) is 16.6. The number of methoxy groups -OCH3 is 1. The van der Waals surface area contributed by atoms with Gasteiger partial charge in [-0.2, -0.15) is 0 Å². The van der Waals surface area contributed by atoms with E-state index in [0.717, 1.165) is 34.0 Å². The first-order chi connectivity index (χ1) is 14.1. The number of nitrogens with zero attached hydrogens (tertiary/aromatic N) is 3. The van der Waals surface area contributed by atoms with E-state index in [4.69, 9.17) is 9.47 Å². The first kappa shape index (κ1) is 18.9. The lowest BCUT2D eigenvalue weighted by Crippen LogP contribution is -2.34. The van der Waals surface area contributed by atoms with E-state index >= 15 is 0 Å². The minimum absolute atomic E-state index is 0.157. The Morgan fingerprint density at radius 1 is 1.24 bits per heavy atom. The lowest BCUT2D eigenvalue weighted by Gasteiger charge is -2.14. The minimum Gasteiger partial charge on any atom is -0.487 e. The molecule has 1 unspecified atom stereocenters. The number of aryl methyl sites for hydroxylation is 2. The summed E-state index contributed by atoms with van der Waals surface area (Å²) in [6.45, 7) is 4.24. The van der Waals surface area contributed by atoms with Gasteiger partial charge in [0, 0.05) is 24.4 Å². The largest absolute Gasteiger partial charge is 0.487 e. The summed E-state index contributed by atoms with van der Waals surface area (Å²) in [4.78, 5) is 25.6. The molecular formula is C22H22N4O3. The molecule has 1 aliphatic rings. The van der Waals surface area contributed by atoms with Crippen molar-refractivity contribution >= 4 is 5.91 Å². The third kappa shape index (κ3) is 3.76. The molecule has 1 aliphatic heterocycles. The molecule has 29 heavy (non-hydrogen) atoms. The van der Waals surface area contributed by atoms with E-state index in [1.165, 1.54) is 7.11 Å². The Balaban J connectivity index is 1.50. The molecule has 3 aromatic rings. The predicted octanol–water partition coefficient (Wildman–Crippen LogP) is 2.90. The predicted molar refractivity (Wildman–Crippen MR) is 108 cm³/mol. The smallest absolute Gasteiger partial charge is 0.256 e.